The Morgan fingerprint density at radius 2 is 2.00 bits per heavy atom. The van der Waals surface area contributed by atoms with Crippen LogP contribution in [0, 0.1) is 11.2 Å². The van der Waals surface area contributed by atoms with E-state index in [1.54, 1.807) is 25.1 Å². The smallest absolute Gasteiger partial charge is 0.433 e. The maximum absolute atomic E-state index is 13.2. The fourth-order valence-corrected chi connectivity index (χ4v) is 2.32. The van der Waals surface area contributed by atoms with E-state index in [1.165, 1.54) is 29.0 Å². The summed E-state index contributed by atoms with van der Waals surface area (Å²) in [5, 5.41) is 7.52. The number of nitrogens with two attached hydrogens (primary N) is 1. The fraction of sp³-hybridized carbons (Fsp3) is 0.118. The molecule has 0 aliphatic heterocycles. The number of amidine groups is 1. The van der Waals surface area contributed by atoms with Crippen molar-refractivity contribution in [3.63, 3.8) is 0 Å². The van der Waals surface area contributed by atoms with Crippen molar-refractivity contribution in [3.8, 4) is 11.4 Å². The van der Waals surface area contributed by atoms with Gasteiger partial charge in [0.15, 0.2) is 5.82 Å². The van der Waals surface area contributed by atoms with E-state index in [4.69, 9.17) is 20.7 Å². The molecule has 7 nitrogen and oxygen atoms in total. The highest BCUT2D eigenvalue weighted by molar-refractivity contribution is 5.98. The number of rotatable bonds is 4. The molecular formula is C17H15FN4O3. The molecule has 0 atom stereocenters. The Kier molecular flexibility index (Phi) is 4.34. The number of aromatic nitrogens is 2. The third-order valence-corrected chi connectivity index (χ3v) is 3.45. The number of imidazole rings is 1. The van der Waals surface area contributed by atoms with Gasteiger partial charge in [-0.1, -0.05) is 0 Å². The molecule has 3 rings (SSSR count). The average Bonchev–Trinajstić information content (AvgIpc) is 2.93. The molecule has 0 saturated heterocycles. The third-order valence-electron chi connectivity index (χ3n) is 3.45. The second-order valence-electron chi connectivity index (χ2n) is 5.13. The summed E-state index contributed by atoms with van der Waals surface area (Å²) in [7, 11) is 0. The van der Waals surface area contributed by atoms with Crippen molar-refractivity contribution in [2.24, 2.45) is 5.73 Å². The zero-order valence-electron chi connectivity index (χ0n) is 13.3. The Labute approximate surface area is 142 Å². The lowest BCUT2D eigenvalue weighted by molar-refractivity contribution is 0.0560. The molecule has 0 unspecified atom stereocenters. The molecule has 0 radical (unpaired) electrons. The summed E-state index contributed by atoms with van der Waals surface area (Å²) >= 11 is 0. The zero-order chi connectivity index (χ0) is 18.0. The van der Waals surface area contributed by atoms with E-state index in [9.17, 15) is 9.18 Å². The highest BCUT2D eigenvalue weighted by Crippen LogP contribution is 2.25. The van der Waals surface area contributed by atoms with Crippen LogP contribution < -0.4 is 10.6 Å². The van der Waals surface area contributed by atoms with Crippen molar-refractivity contribution >= 4 is 23.0 Å². The van der Waals surface area contributed by atoms with Gasteiger partial charge in [-0.05, 0) is 49.4 Å². The molecule has 128 valence electrons. The van der Waals surface area contributed by atoms with Gasteiger partial charge in [-0.25, -0.2) is 14.2 Å². The number of nitrogen functional groups attached to an aromatic ring is 1. The number of benzene rings is 2. The summed E-state index contributed by atoms with van der Waals surface area (Å²) in [4.78, 5) is 21.4. The molecule has 3 aromatic rings. The monoisotopic (exact) mass is 342 g/mol. The minimum Gasteiger partial charge on any atom is -0.433 e. The normalized spacial score (nSPS) is 10.6. The van der Waals surface area contributed by atoms with Gasteiger partial charge in [0.25, 0.3) is 0 Å². The number of ether oxygens (including phenoxy) is 1. The second-order valence-corrected chi connectivity index (χ2v) is 5.13. The van der Waals surface area contributed by atoms with E-state index >= 15 is 0 Å². The van der Waals surface area contributed by atoms with Crippen molar-refractivity contribution < 1.29 is 18.8 Å². The summed E-state index contributed by atoms with van der Waals surface area (Å²) in [6, 6.07) is 10.5. The van der Waals surface area contributed by atoms with Crippen LogP contribution in [0.4, 0.5) is 9.18 Å². The van der Waals surface area contributed by atoms with Gasteiger partial charge in [-0.15, -0.1) is 4.73 Å². The number of halogens is 1. The predicted octanol–water partition coefficient (Wildman–Crippen LogP) is 2.71. The van der Waals surface area contributed by atoms with Gasteiger partial charge in [0.2, 0.25) is 0 Å². The van der Waals surface area contributed by atoms with Crippen LogP contribution in [-0.2, 0) is 4.74 Å². The topological polar surface area (TPSA) is 103 Å². The van der Waals surface area contributed by atoms with Crippen LogP contribution in [0.15, 0.2) is 42.5 Å². The molecule has 0 amide bonds. The van der Waals surface area contributed by atoms with E-state index in [0.29, 0.717) is 28.0 Å². The number of carbonyl (C=O) groups is 1. The summed E-state index contributed by atoms with van der Waals surface area (Å²) in [6.45, 7) is 1.82. The van der Waals surface area contributed by atoms with Crippen LogP contribution in [0.2, 0.25) is 0 Å². The van der Waals surface area contributed by atoms with E-state index < -0.39 is 12.0 Å². The van der Waals surface area contributed by atoms with Gasteiger partial charge in [0.1, 0.15) is 17.2 Å². The molecule has 0 saturated carbocycles. The maximum Gasteiger partial charge on any atom is 0.533 e. The molecule has 0 aliphatic rings. The molecule has 0 bridgehead atoms. The Balaban J connectivity index is 2.16. The van der Waals surface area contributed by atoms with Crippen molar-refractivity contribution in [2.45, 2.75) is 6.92 Å². The van der Waals surface area contributed by atoms with Crippen LogP contribution in [0.3, 0.4) is 0 Å². The van der Waals surface area contributed by atoms with Crippen molar-refractivity contribution in [1.82, 2.24) is 9.71 Å². The first kappa shape index (κ1) is 16.4. The summed E-state index contributed by atoms with van der Waals surface area (Å²) < 4.78 is 19.2. The van der Waals surface area contributed by atoms with Gasteiger partial charge in [0, 0.05) is 11.1 Å². The first-order valence-electron chi connectivity index (χ1n) is 7.47. The minimum atomic E-state index is -0.888. The lowest BCUT2D eigenvalue weighted by Crippen LogP contribution is -2.21. The SMILES string of the molecule is CCOC(=O)On1c(-c2ccc(F)cc2)nc2cc(C(=N)N)ccc21. The maximum atomic E-state index is 13.2. The lowest BCUT2D eigenvalue weighted by atomic mass is 10.2. The first-order valence-corrected chi connectivity index (χ1v) is 7.47. The highest BCUT2D eigenvalue weighted by Gasteiger charge is 2.18. The number of nitrogens with zero attached hydrogens (tertiary/aromatic N) is 2. The van der Waals surface area contributed by atoms with Gasteiger partial charge < -0.3 is 10.5 Å². The van der Waals surface area contributed by atoms with E-state index in [-0.39, 0.29) is 12.4 Å². The van der Waals surface area contributed by atoms with Gasteiger partial charge >= 0.3 is 6.16 Å². The molecule has 1 heterocycles. The predicted molar refractivity (Wildman–Crippen MR) is 89.7 cm³/mol. The molecule has 1 aromatic heterocycles. The number of carbonyl (C=O) groups excluding carboxylic acids is 1. The van der Waals surface area contributed by atoms with Crippen LogP contribution in [0.1, 0.15) is 12.5 Å². The second kappa shape index (κ2) is 6.60. The number of nitrogens with one attached hydrogen (secondary N) is 1. The van der Waals surface area contributed by atoms with E-state index in [1.807, 2.05) is 0 Å². The van der Waals surface area contributed by atoms with Gasteiger partial charge in [0.05, 0.1) is 12.1 Å². The molecule has 0 fully saturated rings. The first-order chi connectivity index (χ1) is 12.0. The van der Waals surface area contributed by atoms with Gasteiger partial charge in [-0.2, -0.15) is 0 Å². The number of fused-ring (bicyclic) bond motifs is 1. The highest BCUT2D eigenvalue weighted by atomic mass is 19.1. The lowest BCUT2D eigenvalue weighted by Gasteiger charge is -2.09. The third kappa shape index (κ3) is 3.27. The van der Waals surface area contributed by atoms with E-state index in [0.717, 1.165) is 0 Å². The largest absolute Gasteiger partial charge is 0.533 e. The van der Waals surface area contributed by atoms with Crippen LogP contribution in [-0.4, -0.2) is 28.3 Å². The summed E-state index contributed by atoms with van der Waals surface area (Å²) in [6.07, 6.45) is -0.888. The average molecular weight is 342 g/mol. The summed E-state index contributed by atoms with van der Waals surface area (Å²) in [5.41, 5.74) is 7.48. The summed E-state index contributed by atoms with van der Waals surface area (Å²) in [5.74, 6) is -0.202. The number of hydrogen-bond acceptors (Lipinski definition) is 5. The molecule has 3 N–H and O–H groups in total. The van der Waals surface area contributed by atoms with Crippen LogP contribution in [0.5, 0.6) is 0 Å². The molecule has 2 aromatic carbocycles. The van der Waals surface area contributed by atoms with Crippen molar-refractivity contribution in [2.75, 3.05) is 6.61 Å². The molecular weight excluding hydrogens is 327 g/mol. The standard InChI is InChI=1S/C17H15FN4O3/c1-2-24-17(23)25-22-14-8-5-11(15(19)20)9-13(14)21-16(22)10-3-6-12(18)7-4-10/h3-9H,2H2,1H3,(H3,19,20). The minimum absolute atomic E-state index is 0.105. The van der Waals surface area contributed by atoms with Crippen molar-refractivity contribution in [1.29, 1.82) is 5.41 Å². The Morgan fingerprint density at radius 1 is 1.28 bits per heavy atom. The van der Waals surface area contributed by atoms with Crippen molar-refractivity contribution in [3.05, 3.63) is 53.8 Å². The Morgan fingerprint density at radius 3 is 2.64 bits per heavy atom. The fourth-order valence-electron chi connectivity index (χ4n) is 2.32. The van der Waals surface area contributed by atoms with E-state index in [2.05, 4.69) is 4.98 Å². The molecule has 8 heteroatoms. The quantitative estimate of drug-likeness (QED) is 0.431. The molecule has 0 aliphatic carbocycles. The van der Waals surface area contributed by atoms with Crippen LogP contribution in [0.25, 0.3) is 22.4 Å². The number of hydrogen-bond donors (Lipinski definition) is 2. The Bertz CT molecular complexity index is 950. The molecule has 0 spiro atoms. The van der Waals surface area contributed by atoms with Gasteiger partial charge in [-0.3, -0.25) is 10.2 Å². The zero-order valence-corrected chi connectivity index (χ0v) is 13.3. The molecule has 25 heavy (non-hydrogen) atoms. The Hall–Kier alpha value is -3.42. The van der Waals surface area contributed by atoms with Crippen LogP contribution >= 0.6 is 0 Å².